The predicted molar refractivity (Wildman–Crippen MR) is 78.3 cm³/mol. The summed E-state index contributed by atoms with van der Waals surface area (Å²) in [5, 5.41) is 13.1. The predicted octanol–water partition coefficient (Wildman–Crippen LogP) is 2.65. The minimum absolute atomic E-state index is 0.0732. The highest BCUT2D eigenvalue weighted by atomic mass is 35.5. The number of nitrogens with one attached hydrogen (secondary N) is 1. The van der Waals surface area contributed by atoms with Crippen LogP contribution >= 0.6 is 23.2 Å². The van der Waals surface area contributed by atoms with Gasteiger partial charge in [0.15, 0.2) is 6.61 Å². The molecule has 1 aromatic carbocycles. The fraction of sp³-hybridized carbons (Fsp3) is 0.500. The van der Waals surface area contributed by atoms with Crippen LogP contribution in [0.3, 0.4) is 0 Å². The smallest absolute Gasteiger partial charge is 0.258 e. The molecule has 0 radical (unpaired) electrons. The van der Waals surface area contributed by atoms with Crippen LogP contribution in [0.5, 0.6) is 5.75 Å². The summed E-state index contributed by atoms with van der Waals surface area (Å²) in [4.78, 5) is 11.9. The summed E-state index contributed by atoms with van der Waals surface area (Å²) in [7, 11) is 0. The van der Waals surface area contributed by atoms with Gasteiger partial charge in [0, 0.05) is 6.07 Å². The van der Waals surface area contributed by atoms with Gasteiger partial charge in [-0.05, 0) is 37.8 Å². The van der Waals surface area contributed by atoms with Gasteiger partial charge >= 0.3 is 0 Å². The molecule has 4 nitrogen and oxygen atoms in total. The molecular formula is C14H17Cl2NO3. The van der Waals surface area contributed by atoms with Gasteiger partial charge in [-0.2, -0.15) is 0 Å². The van der Waals surface area contributed by atoms with E-state index in [9.17, 15) is 9.90 Å². The van der Waals surface area contributed by atoms with Crippen LogP contribution < -0.4 is 10.1 Å². The Labute approximate surface area is 128 Å². The number of hydrogen-bond acceptors (Lipinski definition) is 3. The Balaban J connectivity index is 1.87. The maximum atomic E-state index is 11.9. The lowest BCUT2D eigenvalue weighted by atomic mass is 9.97. The first kappa shape index (κ1) is 15.4. The molecule has 20 heavy (non-hydrogen) atoms. The van der Waals surface area contributed by atoms with Gasteiger partial charge in [0.25, 0.3) is 5.91 Å². The van der Waals surface area contributed by atoms with Gasteiger partial charge in [0.1, 0.15) is 5.75 Å². The average molecular weight is 318 g/mol. The maximum absolute atomic E-state index is 11.9. The van der Waals surface area contributed by atoms with Crippen molar-refractivity contribution >= 4 is 29.1 Å². The van der Waals surface area contributed by atoms with E-state index in [0.717, 1.165) is 12.8 Å². The topological polar surface area (TPSA) is 58.6 Å². The maximum Gasteiger partial charge on any atom is 0.258 e. The van der Waals surface area contributed by atoms with Gasteiger partial charge in [-0.25, -0.2) is 0 Å². The first-order chi connectivity index (χ1) is 9.44. The van der Waals surface area contributed by atoms with Crippen LogP contribution in [0.2, 0.25) is 10.0 Å². The average Bonchev–Trinajstić information content (AvgIpc) is 3.25. The number of aliphatic hydroxyl groups excluding tert-OH is 1. The second-order valence-corrected chi connectivity index (χ2v) is 6.08. The third-order valence-corrected chi connectivity index (χ3v) is 4.23. The van der Waals surface area contributed by atoms with E-state index < -0.39 is 5.54 Å². The normalized spacial score (nSPS) is 17.4. The van der Waals surface area contributed by atoms with E-state index in [-0.39, 0.29) is 19.1 Å². The number of ether oxygens (including phenoxy) is 1. The summed E-state index contributed by atoms with van der Waals surface area (Å²) in [6, 6.07) is 4.82. The van der Waals surface area contributed by atoms with Crippen LogP contribution in [-0.4, -0.2) is 29.8 Å². The van der Waals surface area contributed by atoms with Crippen molar-refractivity contribution in [3.63, 3.8) is 0 Å². The van der Waals surface area contributed by atoms with E-state index >= 15 is 0 Å². The van der Waals surface area contributed by atoms with Crippen molar-refractivity contribution in [3.8, 4) is 5.75 Å². The van der Waals surface area contributed by atoms with E-state index in [4.69, 9.17) is 27.9 Å². The van der Waals surface area contributed by atoms with Crippen molar-refractivity contribution in [1.29, 1.82) is 0 Å². The van der Waals surface area contributed by atoms with E-state index in [0.29, 0.717) is 21.7 Å². The van der Waals surface area contributed by atoms with Crippen LogP contribution in [0.4, 0.5) is 0 Å². The Hall–Kier alpha value is -0.970. The largest absolute Gasteiger partial charge is 0.484 e. The van der Waals surface area contributed by atoms with Crippen LogP contribution in [0.1, 0.15) is 19.8 Å². The van der Waals surface area contributed by atoms with E-state index in [2.05, 4.69) is 5.32 Å². The monoisotopic (exact) mass is 317 g/mol. The summed E-state index contributed by atoms with van der Waals surface area (Å²) < 4.78 is 5.36. The lowest BCUT2D eigenvalue weighted by molar-refractivity contribution is -0.125. The van der Waals surface area contributed by atoms with Crippen LogP contribution in [-0.2, 0) is 4.79 Å². The molecule has 6 heteroatoms. The fourth-order valence-electron chi connectivity index (χ4n) is 2.06. The third-order valence-electron chi connectivity index (χ3n) is 3.49. The molecule has 2 N–H and O–H groups in total. The van der Waals surface area contributed by atoms with Crippen molar-refractivity contribution in [1.82, 2.24) is 5.32 Å². The zero-order valence-electron chi connectivity index (χ0n) is 11.2. The molecule has 2 rings (SSSR count). The van der Waals surface area contributed by atoms with Gasteiger partial charge < -0.3 is 15.2 Å². The highest BCUT2D eigenvalue weighted by Gasteiger charge is 2.42. The van der Waals surface area contributed by atoms with Crippen molar-refractivity contribution < 1.29 is 14.6 Å². The molecule has 0 bridgehead atoms. The summed E-state index contributed by atoms with van der Waals surface area (Å²) in [6.45, 7) is 1.65. The molecule has 110 valence electrons. The zero-order valence-corrected chi connectivity index (χ0v) is 12.7. The molecular weight excluding hydrogens is 301 g/mol. The lowest BCUT2D eigenvalue weighted by Gasteiger charge is -2.28. The van der Waals surface area contributed by atoms with E-state index in [1.165, 1.54) is 0 Å². The van der Waals surface area contributed by atoms with Crippen LogP contribution in [0.15, 0.2) is 18.2 Å². The minimum Gasteiger partial charge on any atom is -0.484 e. The van der Waals surface area contributed by atoms with Gasteiger partial charge in [0.05, 0.1) is 22.2 Å². The fourth-order valence-corrected chi connectivity index (χ4v) is 2.35. The van der Waals surface area contributed by atoms with Gasteiger partial charge in [-0.1, -0.05) is 23.2 Å². The van der Waals surface area contributed by atoms with Crippen molar-refractivity contribution in [2.24, 2.45) is 5.92 Å². The number of halogens is 2. The number of aliphatic hydroxyl groups is 1. The first-order valence-corrected chi connectivity index (χ1v) is 7.20. The van der Waals surface area contributed by atoms with Gasteiger partial charge in [-0.3, -0.25) is 4.79 Å². The molecule has 1 amide bonds. The van der Waals surface area contributed by atoms with Crippen molar-refractivity contribution in [3.05, 3.63) is 28.2 Å². The standard InChI is InChI=1S/C14H17Cl2NO3/c1-14(8-18,9-2-3-9)17-13(19)7-20-10-4-5-11(15)12(16)6-10/h4-6,9,18H,2-3,7-8H2,1H3,(H,17,19). The Kier molecular flexibility index (Phi) is 4.78. The SMILES string of the molecule is CC(CO)(NC(=O)COc1ccc(Cl)c(Cl)c1)C1CC1. The Bertz CT molecular complexity index is 505. The van der Waals surface area contributed by atoms with E-state index in [1.54, 1.807) is 18.2 Å². The number of carbonyl (C=O) groups excluding carboxylic acids is 1. The third kappa shape index (κ3) is 3.78. The summed E-state index contributed by atoms with van der Waals surface area (Å²) >= 11 is 11.7. The summed E-state index contributed by atoms with van der Waals surface area (Å²) in [5.74, 6) is 0.563. The zero-order chi connectivity index (χ0) is 14.8. The highest BCUT2D eigenvalue weighted by Crippen LogP contribution is 2.39. The van der Waals surface area contributed by atoms with Crippen molar-refractivity contribution in [2.45, 2.75) is 25.3 Å². The molecule has 1 aliphatic rings. The number of carbonyl (C=O) groups is 1. The molecule has 0 spiro atoms. The quantitative estimate of drug-likeness (QED) is 0.848. The van der Waals surface area contributed by atoms with Crippen molar-refractivity contribution in [2.75, 3.05) is 13.2 Å². The molecule has 0 aliphatic heterocycles. The number of amides is 1. The number of benzene rings is 1. The van der Waals surface area contributed by atoms with E-state index in [1.807, 2.05) is 6.92 Å². The summed E-state index contributed by atoms with van der Waals surface area (Å²) in [5.41, 5.74) is -0.557. The first-order valence-electron chi connectivity index (χ1n) is 6.44. The van der Waals surface area contributed by atoms with Crippen LogP contribution in [0, 0.1) is 5.92 Å². The number of rotatable bonds is 6. The molecule has 0 aromatic heterocycles. The minimum atomic E-state index is -0.557. The molecule has 1 unspecified atom stereocenters. The molecule has 0 heterocycles. The molecule has 1 aromatic rings. The van der Waals surface area contributed by atoms with Gasteiger partial charge in [0.2, 0.25) is 0 Å². The van der Waals surface area contributed by atoms with Crippen LogP contribution in [0.25, 0.3) is 0 Å². The van der Waals surface area contributed by atoms with Gasteiger partial charge in [-0.15, -0.1) is 0 Å². The Morgan fingerprint density at radius 3 is 2.70 bits per heavy atom. The summed E-state index contributed by atoms with van der Waals surface area (Å²) in [6.07, 6.45) is 2.07. The Morgan fingerprint density at radius 2 is 2.15 bits per heavy atom. The molecule has 0 saturated heterocycles. The molecule has 1 saturated carbocycles. The Morgan fingerprint density at radius 1 is 1.45 bits per heavy atom. The lowest BCUT2D eigenvalue weighted by Crippen LogP contribution is -2.52. The second-order valence-electron chi connectivity index (χ2n) is 5.26. The highest BCUT2D eigenvalue weighted by molar-refractivity contribution is 6.42. The number of hydrogen-bond donors (Lipinski definition) is 2. The second kappa shape index (κ2) is 6.20. The molecule has 1 aliphatic carbocycles. The molecule has 1 atom stereocenters. The molecule has 1 fully saturated rings.